The van der Waals surface area contributed by atoms with Crippen LogP contribution in [0.5, 0.6) is 5.75 Å². The number of ether oxygens (including phenoxy) is 1. The first-order chi connectivity index (χ1) is 15.4. The van der Waals surface area contributed by atoms with Gasteiger partial charge in [0.25, 0.3) is 0 Å². The quantitative estimate of drug-likeness (QED) is 0.427. The van der Waals surface area contributed by atoms with Crippen molar-refractivity contribution < 1.29 is 23.4 Å². The second-order valence-electron chi connectivity index (χ2n) is 8.64. The fraction of sp³-hybridized carbons (Fsp3) is 0.440. The summed E-state index contributed by atoms with van der Waals surface area (Å²) in [6, 6.07) is 13.1. The van der Waals surface area contributed by atoms with Crippen LogP contribution >= 0.6 is 12.4 Å². The molecule has 8 heteroatoms. The molecule has 3 aromatic rings. The number of aromatic nitrogens is 2. The van der Waals surface area contributed by atoms with E-state index in [-0.39, 0.29) is 55.9 Å². The second-order valence-corrected chi connectivity index (χ2v) is 8.64. The Kier molecular flexibility index (Phi) is 8.08. The van der Waals surface area contributed by atoms with Crippen LogP contribution in [-0.4, -0.2) is 39.4 Å². The zero-order valence-corrected chi connectivity index (χ0v) is 19.4. The maximum absolute atomic E-state index is 13.4. The number of pyridine rings is 1. The van der Waals surface area contributed by atoms with Crippen LogP contribution < -0.4 is 4.74 Å². The predicted octanol–water partition coefficient (Wildman–Crippen LogP) is 5.62. The maximum atomic E-state index is 13.4. The van der Waals surface area contributed by atoms with E-state index in [4.69, 9.17) is 4.74 Å². The van der Waals surface area contributed by atoms with Gasteiger partial charge in [-0.2, -0.15) is 0 Å². The molecule has 2 aromatic heterocycles. The summed E-state index contributed by atoms with van der Waals surface area (Å²) in [5.41, 5.74) is 2.51. The number of rotatable bonds is 8. The van der Waals surface area contributed by atoms with Gasteiger partial charge in [0.2, 0.25) is 5.92 Å². The van der Waals surface area contributed by atoms with Crippen LogP contribution in [0, 0.1) is 12.8 Å². The molecule has 0 amide bonds. The third kappa shape index (κ3) is 5.71. The van der Waals surface area contributed by atoms with E-state index in [0.717, 1.165) is 5.56 Å². The monoisotopic (exact) mass is 478 g/mol. The number of aliphatic hydroxyl groups excluding tert-OH is 1. The van der Waals surface area contributed by atoms with Gasteiger partial charge in [0.15, 0.2) is 17.2 Å². The summed E-state index contributed by atoms with van der Waals surface area (Å²) >= 11 is 0. The summed E-state index contributed by atoms with van der Waals surface area (Å²) in [6.45, 7) is 2.01. The third-order valence-corrected chi connectivity index (χ3v) is 6.29. The fourth-order valence-corrected chi connectivity index (χ4v) is 4.41. The average molecular weight is 479 g/mol. The summed E-state index contributed by atoms with van der Waals surface area (Å²) in [6.07, 6.45) is 2.62. The summed E-state index contributed by atoms with van der Waals surface area (Å²) in [7, 11) is 0. The van der Waals surface area contributed by atoms with E-state index < -0.39 is 5.92 Å². The van der Waals surface area contributed by atoms with Gasteiger partial charge in [0.05, 0.1) is 18.9 Å². The number of aliphatic hydroxyl groups is 1. The minimum absolute atomic E-state index is 0. The standard InChI is InChI=1S/C25H28F2N2O3.ClH/c1-17-23(21(31)14-20(15-30)19-6-3-2-4-7-19)29-13-5-8-22(24(29)28-17)32-16-18-9-11-25(26,27)12-10-18;/h2-8,13,18,20,30H,9-12,14-16H2,1H3;1H/t20-;/m0./s1. The minimum Gasteiger partial charge on any atom is -0.489 e. The van der Waals surface area contributed by atoms with Gasteiger partial charge in [-0.3, -0.25) is 9.20 Å². The third-order valence-electron chi connectivity index (χ3n) is 6.29. The predicted molar refractivity (Wildman–Crippen MR) is 125 cm³/mol. The van der Waals surface area contributed by atoms with E-state index >= 15 is 0 Å². The molecule has 0 bridgehead atoms. The molecule has 1 aliphatic rings. The number of halogens is 3. The Morgan fingerprint density at radius 3 is 2.58 bits per heavy atom. The molecule has 1 saturated carbocycles. The van der Waals surface area contributed by atoms with Crippen LogP contribution in [-0.2, 0) is 0 Å². The molecule has 5 nitrogen and oxygen atoms in total. The van der Waals surface area contributed by atoms with Gasteiger partial charge in [-0.05, 0) is 43.4 Å². The second kappa shape index (κ2) is 10.6. The van der Waals surface area contributed by atoms with Gasteiger partial charge < -0.3 is 9.84 Å². The first-order valence-electron chi connectivity index (χ1n) is 11.1. The van der Waals surface area contributed by atoms with Crippen molar-refractivity contribution in [1.29, 1.82) is 0 Å². The number of hydrogen-bond acceptors (Lipinski definition) is 4. The molecule has 1 atom stereocenters. The molecular weight excluding hydrogens is 450 g/mol. The molecule has 0 saturated heterocycles. The number of alkyl halides is 2. The Morgan fingerprint density at radius 1 is 1.21 bits per heavy atom. The van der Waals surface area contributed by atoms with Crippen LogP contribution in [0.3, 0.4) is 0 Å². The lowest BCUT2D eigenvalue weighted by molar-refractivity contribution is -0.0498. The molecule has 1 fully saturated rings. The molecule has 2 heterocycles. The number of carbonyl (C=O) groups is 1. The fourth-order valence-electron chi connectivity index (χ4n) is 4.41. The van der Waals surface area contributed by atoms with Crippen molar-refractivity contribution >= 4 is 23.8 Å². The molecular formula is C25H29ClF2N2O3. The highest BCUT2D eigenvalue weighted by molar-refractivity contribution is 5.97. The van der Waals surface area contributed by atoms with Gasteiger partial charge in [0, 0.05) is 31.4 Å². The number of aryl methyl sites for hydroxylation is 1. The van der Waals surface area contributed by atoms with Crippen LogP contribution in [0.1, 0.15) is 59.8 Å². The zero-order chi connectivity index (χ0) is 22.7. The summed E-state index contributed by atoms with van der Waals surface area (Å²) < 4.78 is 34.5. The first-order valence-corrected chi connectivity index (χ1v) is 11.1. The molecule has 0 spiro atoms. The Hall–Kier alpha value is -2.51. The zero-order valence-electron chi connectivity index (χ0n) is 18.5. The highest BCUT2D eigenvalue weighted by Crippen LogP contribution is 2.36. The Bertz CT molecular complexity index is 1080. The van der Waals surface area contributed by atoms with Gasteiger partial charge in [-0.1, -0.05) is 30.3 Å². The normalized spacial score (nSPS) is 16.8. The van der Waals surface area contributed by atoms with E-state index in [1.54, 1.807) is 29.7 Å². The number of imidazole rings is 1. The van der Waals surface area contributed by atoms with E-state index in [1.807, 2.05) is 30.3 Å². The molecule has 0 aliphatic heterocycles. The smallest absolute Gasteiger partial charge is 0.248 e. The SMILES string of the molecule is Cc1nc2c(OCC3CCC(F)(F)CC3)cccn2c1C(=O)C[C@@H](CO)c1ccccc1.Cl. The Morgan fingerprint density at radius 2 is 1.91 bits per heavy atom. The largest absolute Gasteiger partial charge is 0.489 e. The number of nitrogens with zero attached hydrogens (tertiary/aromatic N) is 2. The Labute approximate surface area is 198 Å². The van der Waals surface area contributed by atoms with Crippen molar-refractivity contribution in [2.24, 2.45) is 5.92 Å². The molecule has 1 aromatic carbocycles. The molecule has 0 unspecified atom stereocenters. The first kappa shape index (κ1) is 25.1. The van der Waals surface area contributed by atoms with Crippen molar-refractivity contribution in [2.45, 2.75) is 50.9 Å². The maximum Gasteiger partial charge on any atom is 0.248 e. The number of benzene rings is 1. The topological polar surface area (TPSA) is 63.8 Å². The lowest BCUT2D eigenvalue weighted by atomic mass is 9.87. The molecule has 0 radical (unpaired) electrons. The summed E-state index contributed by atoms with van der Waals surface area (Å²) in [4.78, 5) is 17.7. The van der Waals surface area contributed by atoms with Crippen LogP contribution in [0.2, 0.25) is 0 Å². The lowest BCUT2D eigenvalue weighted by Gasteiger charge is -2.28. The Balaban J connectivity index is 0.00000306. The number of hydrogen-bond donors (Lipinski definition) is 1. The van der Waals surface area contributed by atoms with Crippen LogP contribution in [0.25, 0.3) is 5.65 Å². The lowest BCUT2D eigenvalue weighted by Crippen LogP contribution is -2.27. The van der Waals surface area contributed by atoms with E-state index in [2.05, 4.69) is 4.98 Å². The molecule has 33 heavy (non-hydrogen) atoms. The van der Waals surface area contributed by atoms with Crippen LogP contribution in [0.15, 0.2) is 48.7 Å². The number of ketones is 1. The highest BCUT2D eigenvalue weighted by Gasteiger charge is 2.35. The van der Waals surface area contributed by atoms with Crippen molar-refractivity contribution in [1.82, 2.24) is 9.38 Å². The van der Waals surface area contributed by atoms with Crippen molar-refractivity contribution in [3.05, 3.63) is 65.6 Å². The number of Topliss-reactive ketones (excluding diaryl/α,β-unsaturated/α-hetero) is 1. The highest BCUT2D eigenvalue weighted by atomic mass is 35.5. The summed E-state index contributed by atoms with van der Waals surface area (Å²) in [5.74, 6) is -2.34. The van der Waals surface area contributed by atoms with Crippen LogP contribution in [0.4, 0.5) is 8.78 Å². The van der Waals surface area contributed by atoms with Crippen molar-refractivity contribution in [2.75, 3.05) is 13.2 Å². The molecule has 1 N–H and O–H groups in total. The van der Waals surface area contributed by atoms with Crippen molar-refractivity contribution in [3.63, 3.8) is 0 Å². The molecule has 178 valence electrons. The van der Waals surface area contributed by atoms with Crippen molar-refractivity contribution in [3.8, 4) is 5.75 Å². The number of fused-ring (bicyclic) bond motifs is 1. The average Bonchev–Trinajstić information content (AvgIpc) is 3.13. The minimum atomic E-state index is -2.56. The molecule has 1 aliphatic carbocycles. The summed E-state index contributed by atoms with van der Waals surface area (Å²) in [5, 5.41) is 9.84. The van der Waals surface area contributed by atoms with Gasteiger partial charge in [-0.15, -0.1) is 12.4 Å². The van der Waals surface area contributed by atoms with E-state index in [0.29, 0.717) is 42.2 Å². The molecule has 4 rings (SSSR count). The van der Waals surface area contributed by atoms with Gasteiger partial charge >= 0.3 is 0 Å². The number of carbonyl (C=O) groups excluding carboxylic acids is 1. The van der Waals surface area contributed by atoms with Gasteiger partial charge in [0.1, 0.15) is 5.69 Å². The van der Waals surface area contributed by atoms with Gasteiger partial charge in [-0.25, -0.2) is 13.8 Å². The van der Waals surface area contributed by atoms with E-state index in [9.17, 15) is 18.7 Å². The van der Waals surface area contributed by atoms with E-state index in [1.165, 1.54) is 0 Å².